The Labute approximate surface area is 122 Å². The molecule has 0 radical (unpaired) electrons. The maximum absolute atomic E-state index is 5.36. The molecule has 1 fully saturated rings. The lowest BCUT2D eigenvalue weighted by atomic mass is 9.83. The number of ether oxygens (including phenoxy) is 1. The Balaban J connectivity index is 1.88. The number of methoxy groups -OCH3 is 1. The van der Waals surface area contributed by atoms with Crippen molar-refractivity contribution in [2.45, 2.75) is 50.7 Å². The van der Waals surface area contributed by atoms with Crippen molar-refractivity contribution < 1.29 is 4.74 Å². The molecule has 1 aromatic carbocycles. The number of likely N-dealkylation sites (N-methyl/N-ethyl adjacent to an activating group) is 2. The van der Waals surface area contributed by atoms with Crippen LogP contribution in [0.5, 0.6) is 5.75 Å². The maximum Gasteiger partial charge on any atom is 0.119 e. The van der Waals surface area contributed by atoms with Crippen LogP contribution < -0.4 is 10.1 Å². The Bertz CT molecular complexity index is 470. The molecule has 2 unspecified atom stereocenters. The quantitative estimate of drug-likeness (QED) is 0.893. The van der Waals surface area contributed by atoms with Crippen molar-refractivity contribution in [3.05, 3.63) is 29.3 Å². The second-order valence-corrected chi connectivity index (χ2v) is 6.00. The van der Waals surface area contributed by atoms with Gasteiger partial charge >= 0.3 is 0 Å². The van der Waals surface area contributed by atoms with E-state index < -0.39 is 0 Å². The third kappa shape index (κ3) is 2.45. The Hall–Kier alpha value is -1.06. The van der Waals surface area contributed by atoms with Gasteiger partial charge in [-0.3, -0.25) is 4.90 Å². The topological polar surface area (TPSA) is 24.5 Å². The number of aryl methyl sites for hydroxylation is 1. The zero-order chi connectivity index (χ0) is 14.1. The van der Waals surface area contributed by atoms with E-state index in [1.165, 1.54) is 43.4 Å². The molecule has 0 heterocycles. The van der Waals surface area contributed by atoms with Crippen molar-refractivity contribution in [2.75, 3.05) is 20.7 Å². The van der Waals surface area contributed by atoms with Gasteiger partial charge in [-0.05, 0) is 62.5 Å². The first-order valence-corrected chi connectivity index (χ1v) is 7.88. The fourth-order valence-corrected chi connectivity index (χ4v) is 3.78. The molecule has 0 aromatic heterocycles. The lowest BCUT2D eigenvalue weighted by molar-refractivity contribution is 0.142. The molecule has 0 aliphatic heterocycles. The smallest absolute Gasteiger partial charge is 0.119 e. The average molecular weight is 274 g/mol. The number of hydrogen-bond acceptors (Lipinski definition) is 3. The molecule has 2 atom stereocenters. The van der Waals surface area contributed by atoms with Crippen molar-refractivity contribution in [1.29, 1.82) is 0 Å². The molecule has 20 heavy (non-hydrogen) atoms. The third-order valence-corrected chi connectivity index (χ3v) is 4.90. The van der Waals surface area contributed by atoms with Gasteiger partial charge in [-0.15, -0.1) is 0 Å². The number of nitrogens with one attached hydrogen (secondary N) is 1. The van der Waals surface area contributed by atoms with Crippen LogP contribution in [-0.2, 0) is 6.42 Å². The summed E-state index contributed by atoms with van der Waals surface area (Å²) < 4.78 is 5.36. The van der Waals surface area contributed by atoms with Gasteiger partial charge in [0, 0.05) is 18.1 Å². The second-order valence-electron chi connectivity index (χ2n) is 6.00. The number of hydrogen-bond donors (Lipinski definition) is 1. The highest BCUT2D eigenvalue weighted by atomic mass is 16.5. The van der Waals surface area contributed by atoms with E-state index in [-0.39, 0.29) is 0 Å². The first-order valence-electron chi connectivity index (χ1n) is 7.88. The summed E-state index contributed by atoms with van der Waals surface area (Å²) in [6, 6.07) is 8.48. The molecule has 2 aliphatic carbocycles. The number of fused-ring (bicyclic) bond motifs is 1. The van der Waals surface area contributed by atoms with Gasteiger partial charge in [-0.25, -0.2) is 0 Å². The van der Waals surface area contributed by atoms with E-state index in [9.17, 15) is 0 Å². The summed E-state index contributed by atoms with van der Waals surface area (Å²) in [4.78, 5) is 2.72. The van der Waals surface area contributed by atoms with Gasteiger partial charge in [0.2, 0.25) is 0 Å². The van der Waals surface area contributed by atoms with Crippen LogP contribution in [-0.4, -0.2) is 37.7 Å². The summed E-state index contributed by atoms with van der Waals surface area (Å²) in [5, 5.41) is 3.56. The van der Waals surface area contributed by atoms with Gasteiger partial charge in [0.15, 0.2) is 0 Å². The van der Waals surface area contributed by atoms with Crippen LogP contribution in [0.3, 0.4) is 0 Å². The number of benzene rings is 1. The molecule has 0 amide bonds. The van der Waals surface area contributed by atoms with Crippen molar-refractivity contribution in [1.82, 2.24) is 10.2 Å². The van der Waals surface area contributed by atoms with Gasteiger partial charge in [0.25, 0.3) is 0 Å². The number of rotatable bonds is 5. The normalized spacial score (nSPS) is 25.6. The SMILES string of the molecule is CCN(C1CC1)C1CCc2cc(OC)ccc2C1NC. The summed E-state index contributed by atoms with van der Waals surface area (Å²) in [6.07, 6.45) is 5.18. The minimum atomic E-state index is 0.449. The van der Waals surface area contributed by atoms with Crippen molar-refractivity contribution in [3.8, 4) is 5.75 Å². The van der Waals surface area contributed by atoms with Crippen LogP contribution in [0.1, 0.15) is 43.4 Å². The largest absolute Gasteiger partial charge is 0.497 e. The summed E-state index contributed by atoms with van der Waals surface area (Å²) >= 11 is 0. The first-order chi connectivity index (χ1) is 9.78. The summed E-state index contributed by atoms with van der Waals surface area (Å²) in [6.45, 7) is 3.47. The Kier molecular flexibility index (Phi) is 3.99. The molecular formula is C17H26N2O. The fourth-order valence-electron chi connectivity index (χ4n) is 3.78. The molecular weight excluding hydrogens is 248 g/mol. The van der Waals surface area contributed by atoms with E-state index in [1.54, 1.807) is 7.11 Å². The van der Waals surface area contributed by atoms with Gasteiger partial charge in [-0.1, -0.05) is 13.0 Å². The third-order valence-electron chi connectivity index (χ3n) is 4.90. The highest BCUT2D eigenvalue weighted by molar-refractivity contribution is 5.40. The van der Waals surface area contributed by atoms with Crippen LogP contribution >= 0.6 is 0 Å². The molecule has 110 valence electrons. The van der Waals surface area contributed by atoms with Crippen LogP contribution in [0.15, 0.2) is 18.2 Å². The summed E-state index contributed by atoms with van der Waals surface area (Å²) in [5.74, 6) is 0.978. The van der Waals surface area contributed by atoms with E-state index in [1.807, 2.05) is 0 Å². The predicted molar refractivity (Wildman–Crippen MR) is 82.3 cm³/mol. The van der Waals surface area contributed by atoms with E-state index in [4.69, 9.17) is 4.74 Å². The Morgan fingerprint density at radius 3 is 2.70 bits per heavy atom. The van der Waals surface area contributed by atoms with Crippen molar-refractivity contribution in [2.24, 2.45) is 0 Å². The van der Waals surface area contributed by atoms with Gasteiger partial charge in [-0.2, -0.15) is 0 Å². The van der Waals surface area contributed by atoms with Gasteiger partial charge in [0.05, 0.1) is 7.11 Å². The van der Waals surface area contributed by atoms with Gasteiger partial charge in [0.1, 0.15) is 5.75 Å². The molecule has 0 spiro atoms. The standard InChI is InChI=1S/C17H26N2O/c1-4-19(13-6-7-13)16-10-5-12-11-14(20-3)8-9-15(12)17(16)18-2/h8-9,11,13,16-18H,4-7,10H2,1-3H3. The highest BCUT2D eigenvalue weighted by Crippen LogP contribution is 2.39. The molecule has 1 aromatic rings. The van der Waals surface area contributed by atoms with E-state index in [2.05, 4.69) is 42.4 Å². The minimum Gasteiger partial charge on any atom is -0.497 e. The van der Waals surface area contributed by atoms with E-state index >= 15 is 0 Å². The van der Waals surface area contributed by atoms with Crippen LogP contribution in [0, 0.1) is 0 Å². The molecule has 3 nitrogen and oxygen atoms in total. The molecule has 3 rings (SSSR count). The molecule has 1 saturated carbocycles. The van der Waals surface area contributed by atoms with E-state index in [0.29, 0.717) is 12.1 Å². The predicted octanol–water partition coefficient (Wildman–Crippen LogP) is 2.75. The zero-order valence-corrected chi connectivity index (χ0v) is 12.9. The highest BCUT2D eigenvalue weighted by Gasteiger charge is 2.38. The molecule has 3 heteroatoms. The molecule has 0 bridgehead atoms. The minimum absolute atomic E-state index is 0.449. The van der Waals surface area contributed by atoms with Crippen LogP contribution in [0.4, 0.5) is 0 Å². The van der Waals surface area contributed by atoms with Crippen LogP contribution in [0.2, 0.25) is 0 Å². The van der Waals surface area contributed by atoms with Crippen molar-refractivity contribution in [3.63, 3.8) is 0 Å². The Morgan fingerprint density at radius 2 is 2.10 bits per heavy atom. The fraction of sp³-hybridized carbons (Fsp3) is 0.647. The monoisotopic (exact) mass is 274 g/mol. The lowest BCUT2D eigenvalue weighted by Crippen LogP contribution is -2.47. The first kappa shape index (κ1) is 13.9. The summed E-state index contributed by atoms with van der Waals surface area (Å²) in [5.41, 5.74) is 2.91. The lowest BCUT2D eigenvalue weighted by Gasteiger charge is -2.41. The van der Waals surface area contributed by atoms with Crippen LogP contribution in [0.25, 0.3) is 0 Å². The van der Waals surface area contributed by atoms with Crippen molar-refractivity contribution >= 4 is 0 Å². The second kappa shape index (κ2) is 5.74. The molecule has 2 aliphatic rings. The molecule has 1 N–H and O–H groups in total. The Morgan fingerprint density at radius 1 is 1.30 bits per heavy atom. The molecule has 0 saturated heterocycles. The zero-order valence-electron chi connectivity index (χ0n) is 12.9. The number of nitrogens with zero attached hydrogens (tertiary/aromatic N) is 1. The van der Waals surface area contributed by atoms with E-state index in [0.717, 1.165) is 11.8 Å². The van der Waals surface area contributed by atoms with Gasteiger partial charge < -0.3 is 10.1 Å². The summed E-state index contributed by atoms with van der Waals surface area (Å²) in [7, 11) is 3.84. The average Bonchev–Trinajstić information content (AvgIpc) is 3.32. The maximum atomic E-state index is 5.36.